The molecule has 0 saturated heterocycles. The number of para-hydroxylation sites is 1. The summed E-state index contributed by atoms with van der Waals surface area (Å²) in [5.41, 5.74) is 8.05. The van der Waals surface area contributed by atoms with Crippen LogP contribution in [-0.2, 0) is 6.54 Å². The fraction of sp³-hybridized carbons (Fsp3) is 0.0588. The Labute approximate surface area is 131 Å². The normalized spacial score (nSPS) is 10.7. The average Bonchev–Trinajstić information content (AvgIpc) is 2.53. The highest BCUT2D eigenvalue weighted by molar-refractivity contribution is 6.06. The second kappa shape index (κ2) is 5.92. The van der Waals surface area contributed by atoms with Crippen LogP contribution in [0.3, 0.4) is 0 Å². The van der Waals surface area contributed by atoms with Crippen molar-refractivity contribution in [3.63, 3.8) is 0 Å². The molecule has 0 aliphatic carbocycles. The van der Waals surface area contributed by atoms with Crippen LogP contribution in [0.2, 0.25) is 0 Å². The Morgan fingerprint density at radius 2 is 2.04 bits per heavy atom. The SMILES string of the molecule is Nc1cccc2c(NCc3cccc(F)c3)c(C(=O)O)cnc12. The number of aromatic carboxylic acids is 1. The molecule has 1 heterocycles. The highest BCUT2D eigenvalue weighted by Crippen LogP contribution is 2.29. The van der Waals surface area contributed by atoms with E-state index in [9.17, 15) is 14.3 Å². The molecule has 4 N–H and O–H groups in total. The van der Waals surface area contributed by atoms with E-state index in [-0.39, 0.29) is 17.9 Å². The standard InChI is InChI=1S/C17H14FN3O2/c18-11-4-1-3-10(7-11)8-20-15-12-5-2-6-14(19)16(12)21-9-13(15)17(22)23/h1-7,9H,8,19H2,(H,20,21)(H,22,23). The van der Waals surface area contributed by atoms with Gasteiger partial charge in [0.05, 0.1) is 16.9 Å². The van der Waals surface area contributed by atoms with Crippen molar-refractivity contribution >= 4 is 28.2 Å². The number of hydrogen-bond donors (Lipinski definition) is 3. The molecule has 0 aliphatic heterocycles. The maximum Gasteiger partial charge on any atom is 0.339 e. The van der Waals surface area contributed by atoms with Crippen molar-refractivity contribution in [2.24, 2.45) is 0 Å². The predicted molar refractivity (Wildman–Crippen MR) is 86.8 cm³/mol. The van der Waals surface area contributed by atoms with Gasteiger partial charge in [0.1, 0.15) is 11.4 Å². The van der Waals surface area contributed by atoms with Gasteiger partial charge in [0.15, 0.2) is 0 Å². The van der Waals surface area contributed by atoms with Crippen LogP contribution in [0.15, 0.2) is 48.7 Å². The monoisotopic (exact) mass is 311 g/mol. The number of aromatic nitrogens is 1. The molecule has 6 heteroatoms. The quantitative estimate of drug-likeness (QED) is 0.644. The van der Waals surface area contributed by atoms with Crippen molar-refractivity contribution in [1.29, 1.82) is 0 Å². The molecule has 0 unspecified atom stereocenters. The lowest BCUT2D eigenvalue weighted by atomic mass is 10.1. The van der Waals surface area contributed by atoms with Crippen LogP contribution >= 0.6 is 0 Å². The molecule has 0 radical (unpaired) electrons. The molecule has 3 aromatic rings. The van der Waals surface area contributed by atoms with E-state index in [0.29, 0.717) is 27.8 Å². The van der Waals surface area contributed by atoms with Gasteiger partial charge in [-0.05, 0) is 23.8 Å². The van der Waals surface area contributed by atoms with Gasteiger partial charge in [0, 0.05) is 18.1 Å². The zero-order valence-electron chi connectivity index (χ0n) is 12.1. The van der Waals surface area contributed by atoms with E-state index in [1.165, 1.54) is 18.3 Å². The van der Waals surface area contributed by atoms with Crippen molar-refractivity contribution in [2.45, 2.75) is 6.54 Å². The molecule has 0 bridgehead atoms. The van der Waals surface area contributed by atoms with Crippen LogP contribution in [0.25, 0.3) is 10.9 Å². The Morgan fingerprint density at radius 3 is 2.78 bits per heavy atom. The zero-order valence-corrected chi connectivity index (χ0v) is 12.1. The maximum absolute atomic E-state index is 13.3. The molecule has 3 rings (SSSR count). The van der Waals surface area contributed by atoms with Gasteiger partial charge in [-0.25, -0.2) is 9.18 Å². The van der Waals surface area contributed by atoms with Gasteiger partial charge in [-0.3, -0.25) is 4.98 Å². The van der Waals surface area contributed by atoms with Crippen LogP contribution in [0.4, 0.5) is 15.8 Å². The Balaban J connectivity index is 2.05. The van der Waals surface area contributed by atoms with E-state index >= 15 is 0 Å². The Hall–Kier alpha value is -3.15. The summed E-state index contributed by atoms with van der Waals surface area (Å²) >= 11 is 0. The van der Waals surface area contributed by atoms with Crippen molar-refractivity contribution in [2.75, 3.05) is 11.1 Å². The van der Waals surface area contributed by atoms with Crippen LogP contribution in [-0.4, -0.2) is 16.1 Å². The topological polar surface area (TPSA) is 88.2 Å². The number of hydrogen-bond acceptors (Lipinski definition) is 4. The van der Waals surface area contributed by atoms with E-state index in [0.717, 1.165) is 0 Å². The first-order chi connectivity index (χ1) is 11.1. The number of pyridine rings is 1. The Morgan fingerprint density at radius 1 is 1.26 bits per heavy atom. The van der Waals surface area contributed by atoms with Crippen molar-refractivity contribution < 1.29 is 14.3 Å². The van der Waals surface area contributed by atoms with Crippen LogP contribution in [0.1, 0.15) is 15.9 Å². The van der Waals surface area contributed by atoms with E-state index in [1.807, 2.05) is 0 Å². The summed E-state index contributed by atoms with van der Waals surface area (Å²) in [7, 11) is 0. The van der Waals surface area contributed by atoms with Gasteiger partial charge in [0.2, 0.25) is 0 Å². The van der Waals surface area contributed by atoms with Gasteiger partial charge >= 0.3 is 5.97 Å². The van der Waals surface area contributed by atoms with Crippen molar-refractivity contribution in [3.05, 3.63) is 65.6 Å². The first-order valence-electron chi connectivity index (χ1n) is 6.95. The lowest BCUT2D eigenvalue weighted by Gasteiger charge is -2.13. The van der Waals surface area contributed by atoms with Gasteiger partial charge < -0.3 is 16.2 Å². The highest BCUT2D eigenvalue weighted by Gasteiger charge is 2.15. The minimum atomic E-state index is -1.09. The number of nitrogen functional groups attached to an aromatic ring is 1. The molecular weight excluding hydrogens is 297 g/mol. The van der Waals surface area contributed by atoms with Gasteiger partial charge in [-0.2, -0.15) is 0 Å². The van der Waals surface area contributed by atoms with Crippen LogP contribution < -0.4 is 11.1 Å². The first kappa shape index (κ1) is 14.8. The van der Waals surface area contributed by atoms with E-state index in [2.05, 4.69) is 10.3 Å². The van der Waals surface area contributed by atoms with Gasteiger partial charge in [-0.1, -0.05) is 24.3 Å². The maximum atomic E-state index is 13.3. The third-order valence-corrected chi connectivity index (χ3v) is 3.52. The molecule has 0 saturated carbocycles. The number of nitrogens with one attached hydrogen (secondary N) is 1. The minimum absolute atomic E-state index is 0.0412. The fourth-order valence-electron chi connectivity index (χ4n) is 2.44. The number of halogens is 1. The predicted octanol–water partition coefficient (Wildman–Crippen LogP) is 3.27. The summed E-state index contributed by atoms with van der Waals surface area (Å²) in [5.74, 6) is -1.44. The number of carboxylic acids is 1. The molecule has 5 nitrogen and oxygen atoms in total. The average molecular weight is 311 g/mol. The van der Waals surface area contributed by atoms with Crippen LogP contribution in [0.5, 0.6) is 0 Å². The summed E-state index contributed by atoms with van der Waals surface area (Å²) in [6, 6.07) is 11.3. The lowest BCUT2D eigenvalue weighted by molar-refractivity contribution is 0.0697. The van der Waals surface area contributed by atoms with Crippen LogP contribution in [0, 0.1) is 5.82 Å². The van der Waals surface area contributed by atoms with Crippen molar-refractivity contribution in [1.82, 2.24) is 4.98 Å². The van der Waals surface area contributed by atoms with Crippen molar-refractivity contribution in [3.8, 4) is 0 Å². The third kappa shape index (κ3) is 2.91. The molecular formula is C17H14FN3O2. The molecule has 116 valence electrons. The fourth-order valence-corrected chi connectivity index (χ4v) is 2.44. The Kier molecular flexibility index (Phi) is 3.80. The largest absolute Gasteiger partial charge is 0.478 e. The summed E-state index contributed by atoms with van der Waals surface area (Å²) in [5, 5.41) is 13.0. The minimum Gasteiger partial charge on any atom is -0.478 e. The molecule has 0 atom stereocenters. The second-order valence-electron chi connectivity index (χ2n) is 5.08. The Bertz CT molecular complexity index is 896. The summed E-state index contributed by atoms with van der Waals surface area (Å²) in [6.07, 6.45) is 1.27. The number of fused-ring (bicyclic) bond motifs is 1. The van der Waals surface area contributed by atoms with Gasteiger partial charge in [0.25, 0.3) is 0 Å². The third-order valence-electron chi connectivity index (χ3n) is 3.52. The summed E-state index contributed by atoms with van der Waals surface area (Å²) in [6.45, 7) is 0.284. The summed E-state index contributed by atoms with van der Waals surface area (Å²) in [4.78, 5) is 15.6. The smallest absolute Gasteiger partial charge is 0.339 e. The number of carboxylic acid groups (broad SMARTS) is 1. The number of nitrogens with zero attached hydrogens (tertiary/aromatic N) is 1. The summed E-state index contributed by atoms with van der Waals surface area (Å²) < 4.78 is 13.3. The molecule has 0 aliphatic rings. The number of benzene rings is 2. The highest BCUT2D eigenvalue weighted by atomic mass is 19.1. The number of rotatable bonds is 4. The van der Waals surface area contributed by atoms with E-state index < -0.39 is 5.97 Å². The second-order valence-corrected chi connectivity index (χ2v) is 5.08. The molecule has 1 aromatic heterocycles. The molecule has 23 heavy (non-hydrogen) atoms. The number of carbonyl (C=O) groups is 1. The van der Waals surface area contributed by atoms with E-state index in [1.54, 1.807) is 30.3 Å². The molecule has 0 spiro atoms. The number of anilines is 2. The first-order valence-corrected chi connectivity index (χ1v) is 6.95. The molecule has 0 fully saturated rings. The zero-order chi connectivity index (χ0) is 16.4. The lowest BCUT2D eigenvalue weighted by Crippen LogP contribution is -2.08. The van der Waals surface area contributed by atoms with Gasteiger partial charge in [-0.15, -0.1) is 0 Å². The number of nitrogens with two attached hydrogens (primary N) is 1. The molecule has 2 aromatic carbocycles. The van der Waals surface area contributed by atoms with E-state index in [4.69, 9.17) is 5.73 Å². The molecule has 0 amide bonds.